The van der Waals surface area contributed by atoms with E-state index in [2.05, 4.69) is 27.9 Å². The van der Waals surface area contributed by atoms with Gasteiger partial charge in [-0.3, -0.25) is 4.99 Å². The minimum absolute atomic E-state index is 0.511. The van der Waals surface area contributed by atoms with Crippen LogP contribution in [-0.2, 0) is 11.3 Å². The van der Waals surface area contributed by atoms with E-state index in [9.17, 15) is 0 Å². The van der Waals surface area contributed by atoms with Crippen LogP contribution >= 0.6 is 0 Å². The zero-order valence-corrected chi connectivity index (χ0v) is 14.8. The van der Waals surface area contributed by atoms with E-state index in [0.29, 0.717) is 19.1 Å². The third-order valence-electron chi connectivity index (χ3n) is 4.12. The maximum atomic E-state index is 5.71. The van der Waals surface area contributed by atoms with E-state index in [1.54, 1.807) is 6.08 Å². The SMILES string of the molecule is C=CCOc1ccccc1CNC(=NC)N1CCC(COCC)C1. The summed E-state index contributed by atoms with van der Waals surface area (Å²) >= 11 is 0. The van der Waals surface area contributed by atoms with Crippen LogP contribution in [0.5, 0.6) is 5.75 Å². The Balaban J connectivity index is 1.89. The van der Waals surface area contributed by atoms with Crippen molar-refractivity contribution < 1.29 is 9.47 Å². The van der Waals surface area contributed by atoms with Crippen LogP contribution in [-0.4, -0.2) is 50.8 Å². The number of para-hydroxylation sites is 1. The zero-order chi connectivity index (χ0) is 17.2. The van der Waals surface area contributed by atoms with Gasteiger partial charge in [-0.1, -0.05) is 30.9 Å². The summed E-state index contributed by atoms with van der Waals surface area (Å²) in [5.41, 5.74) is 1.12. The average molecular weight is 331 g/mol. The van der Waals surface area contributed by atoms with E-state index in [0.717, 1.165) is 50.0 Å². The quantitative estimate of drug-likeness (QED) is 0.452. The van der Waals surface area contributed by atoms with Gasteiger partial charge in [-0.25, -0.2) is 0 Å². The predicted octanol–water partition coefficient (Wildman–Crippen LogP) is 2.69. The number of nitrogens with one attached hydrogen (secondary N) is 1. The smallest absolute Gasteiger partial charge is 0.193 e. The lowest BCUT2D eigenvalue weighted by molar-refractivity contribution is 0.114. The largest absolute Gasteiger partial charge is 0.489 e. The van der Waals surface area contributed by atoms with Crippen molar-refractivity contribution in [1.82, 2.24) is 10.2 Å². The number of rotatable bonds is 8. The molecular formula is C19H29N3O2. The Morgan fingerprint density at radius 2 is 2.29 bits per heavy atom. The second-order valence-corrected chi connectivity index (χ2v) is 5.87. The third kappa shape index (κ3) is 5.27. The molecule has 1 N–H and O–H groups in total. The van der Waals surface area contributed by atoms with Gasteiger partial charge in [0.15, 0.2) is 5.96 Å². The lowest BCUT2D eigenvalue weighted by Gasteiger charge is -2.22. The van der Waals surface area contributed by atoms with Crippen LogP contribution in [0, 0.1) is 5.92 Å². The first-order valence-electron chi connectivity index (χ1n) is 8.63. The van der Waals surface area contributed by atoms with Gasteiger partial charge in [0.1, 0.15) is 12.4 Å². The van der Waals surface area contributed by atoms with Gasteiger partial charge in [-0.05, 0) is 19.4 Å². The summed E-state index contributed by atoms with van der Waals surface area (Å²) < 4.78 is 11.3. The first-order chi connectivity index (χ1) is 11.8. The molecule has 0 aromatic heterocycles. The summed E-state index contributed by atoms with van der Waals surface area (Å²) in [5, 5.41) is 3.45. The summed E-state index contributed by atoms with van der Waals surface area (Å²) in [6, 6.07) is 8.06. The molecule has 1 unspecified atom stereocenters. The highest BCUT2D eigenvalue weighted by molar-refractivity contribution is 5.80. The minimum Gasteiger partial charge on any atom is -0.489 e. The Labute approximate surface area is 145 Å². The minimum atomic E-state index is 0.511. The molecule has 0 radical (unpaired) electrons. The number of hydrogen-bond acceptors (Lipinski definition) is 3. The molecule has 132 valence electrons. The number of benzene rings is 1. The molecule has 0 bridgehead atoms. The number of guanidine groups is 1. The molecule has 1 atom stereocenters. The molecule has 1 fully saturated rings. The lowest BCUT2D eigenvalue weighted by Crippen LogP contribution is -2.39. The summed E-state index contributed by atoms with van der Waals surface area (Å²) in [7, 11) is 1.83. The van der Waals surface area contributed by atoms with Crippen molar-refractivity contribution in [3.05, 3.63) is 42.5 Å². The highest BCUT2D eigenvalue weighted by Gasteiger charge is 2.24. The number of hydrogen-bond donors (Lipinski definition) is 1. The highest BCUT2D eigenvalue weighted by atomic mass is 16.5. The molecule has 5 heteroatoms. The number of aliphatic imine (C=N–C) groups is 1. The van der Waals surface area contributed by atoms with Crippen LogP contribution in [0.1, 0.15) is 18.9 Å². The van der Waals surface area contributed by atoms with Crippen molar-refractivity contribution in [2.75, 3.05) is 40.0 Å². The van der Waals surface area contributed by atoms with E-state index in [4.69, 9.17) is 9.47 Å². The molecule has 1 aromatic rings. The van der Waals surface area contributed by atoms with Crippen LogP contribution in [0.2, 0.25) is 0 Å². The van der Waals surface area contributed by atoms with Crippen LogP contribution in [0.15, 0.2) is 41.9 Å². The number of likely N-dealkylation sites (tertiary alicyclic amines) is 1. The van der Waals surface area contributed by atoms with E-state index in [-0.39, 0.29) is 0 Å². The Bertz CT molecular complexity index is 545. The Kier molecular flexibility index (Phi) is 7.62. The molecule has 1 saturated heterocycles. The van der Waals surface area contributed by atoms with Gasteiger partial charge in [-0.15, -0.1) is 0 Å². The van der Waals surface area contributed by atoms with E-state index < -0.39 is 0 Å². The van der Waals surface area contributed by atoms with Gasteiger partial charge in [0.05, 0.1) is 6.61 Å². The molecular weight excluding hydrogens is 302 g/mol. The predicted molar refractivity (Wildman–Crippen MR) is 98.5 cm³/mol. The molecule has 1 aliphatic heterocycles. The second-order valence-electron chi connectivity index (χ2n) is 5.87. The normalized spacial score (nSPS) is 17.8. The van der Waals surface area contributed by atoms with E-state index in [1.165, 1.54) is 0 Å². The second kappa shape index (κ2) is 9.98. The van der Waals surface area contributed by atoms with Gasteiger partial charge in [-0.2, -0.15) is 0 Å². The molecule has 0 spiro atoms. The van der Waals surface area contributed by atoms with Crippen molar-refractivity contribution in [3.8, 4) is 5.75 Å². The summed E-state index contributed by atoms with van der Waals surface area (Å²) in [4.78, 5) is 6.73. The molecule has 0 aliphatic carbocycles. The van der Waals surface area contributed by atoms with Gasteiger partial charge in [0, 0.05) is 44.8 Å². The van der Waals surface area contributed by atoms with Crippen LogP contribution in [0.4, 0.5) is 0 Å². The summed E-state index contributed by atoms with van der Waals surface area (Å²) in [6.45, 7) is 10.6. The molecule has 5 nitrogen and oxygen atoms in total. The molecule has 0 saturated carbocycles. The van der Waals surface area contributed by atoms with Gasteiger partial charge < -0.3 is 19.7 Å². The first kappa shape index (κ1) is 18.3. The molecule has 1 aliphatic rings. The standard InChI is InChI=1S/C19H29N3O2/c1-4-12-24-18-9-7-6-8-17(18)13-21-19(20-3)22-11-10-16(14-22)15-23-5-2/h4,6-9,16H,1,5,10-15H2,2-3H3,(H,20,21). The maximum absolute atomic E-state index is 5.71. The van der Waals surface area contributed by atoms with Gasteiger partial charge in [0.25, 0.3) is 0 Å². The Morgan fingerprint density at radius 1 is 1.46 bits per heavy atom. The van der Waals surface area contributed by atoms with Crippen LogP contribution in [0.25, 0.3) is 0 Å². The molecule has 1 heterocycles. The fourth-order valence-corrected chi connectivity index (χ4v) is 2.89. The van der Waals surface area contributed by atoms with Crippen LogP contribution in [0.3, 0.4) is 0 Å². The molecule has 2 rings (SSSR count). The fourth-order valence-electron chi connectivity index (χ4n) is 2.89. The Hall–Kier alpha value is -2.01. The average Bonchev–Trinajstić information content (AvgIpc) is 3.08. The zero-order valence-electron chi connectivity index (χ0n) is 14.8. The Morgan fingerprint density at radius 3 is 3.04 bits per heavy atom. The van der Waals surface area contributed by atoms with Crippen LogP contribution < -0.4 is 10.1 Å². The highest BCUT2D eigenvalue weighted by Crippen LogP contribution is 2.19. The van der Waals surface area contributed by atoms with Crippen molar-refractivity contribution in [2.24, 2.45) is 10.9 Å². The topological polar surface area (TPSA) is 46.1 Å². The van der Waals surface area contributed by atoms with E-state index in [1.807, 2.05) is 32.2 Å². The van der Waals surface area contributed by atoms with Crippen molar-refractivity contribution in [3.63, 3.8) is 0 Å². The third-order valence-corrected chi connectivity index (χ3v) is 4.12. The van der Waals surface area contributed by atoms with Crippen molar-refractivity contribution in [2.45, 2.75) is 19.9 Å². The molecule has 24 heavy (non-hydrogen) atoms. The summed E-state index contributed by atoms with van der Waals surface area (Å²) in [6.07, 6.45) is 2.91. The van der Waals surface area contributed by atoms with Gasteiger partial charge >= 0.3 is 0 Å². The number of nitrogens with zero attached hydrogens (tertiary/aromatic N) is 2. The molecule has 0 amide bonds. The first-order valence-corrected chi connectivity index (χ1v) is 8.63. The number of ether oxygens (including phenoxy) is 2. The lowest BCUT2D eigenvalue weighted by atomic mass is 10.1. The summed E-state index contributed by atoms with van der Waals surface area (Å²) in [5.74, 6) is 2.41. The van der Waals surface area contributed by atoms with Gasteiger partial charge in [0.2, 0.25) is 0 Å². The van der Waals surface area contributed by atoms with E-state index >= 15 is 0 Å². The fraction of sp³-hybridized carbons (Fsp3) is 0.526. The van der Waals surface area contributed by atoms with Crippen molar-refractivity contribution in [1.29, 1.82) is 0 Å². The maximum Gasteiger partial charge on any atom is 0.193 e. The molecule has 1 aromatic carbocycles. The monoisotopic (exact) mass is 331 g/mol. The van der Waals surface area contributed by atoms with Crippen molar-refractivity contribution >= 4 is 5.96 Å².